The summed E-state index contributed by atoms with van der Waals surface area (Å²) < 4.78 is 0. The van der Waals surface area contributed by atoms with Crippen LogP contribution < -0.4 is 0 Å². The zero-order valence-electron chi connectivity index (χ0n) is 12.1. The summed E-state index contributed by atoms with van der Waals surface area (Å²) in [6.45, 7) is 15.8. The molecule has 2 nitrogen and oxygen atoms in total. The third-order valence-electron chi connectivity index (χ3n) is 3.51. The number of rotatable bonds is 6. The van der Waals surface area contributed by atoms with Gasteiger partial charge in [0.2, 0.25) is 5.91 Å². The van der Waals surface area contributed by atoms with E-state index in [1.54, 1.807) is 6.92 Å². The van der Waals surface area contributed by atoms with Gasteiger partial charge < -0.3 is 4.90 Å². The second-order valence-corrected chi connectivity index (χ2v) is 5.78. The first-order valence-corrected chi connectivity index (χ1v) is 6.53. The van der Waals surface area contributed by atoms with Crippen LogP contribution in [0.3, 0.4) is 0 Å². The molecule has 1 unspecified atom stereocenters. The van der Waals surface area contributed by atoms with Crippen molar-refractivity contribution in [3.05, 3.63) is 0 Å². The number of amides is 1. The van der Waals surface area contributed by atoms with E-state index in [1.165, 1.54) is 0 Å². The Morgan fingerprint density at radius 3 is 2.00 bits per heavy atom. The van der Waals surface area contributed by atoms with Gasteiger partial charge in [0.25, 0.3) is 0 Å². The van der Waals surface area contributed by atoms with E-state index in [1.807, 2.05) is 0 Å². The van der Waals surface area contributed by atoms with Crippen molar-refractivity contribution in [2.75, 3.05) is 6.54 Å². The van der Waals surface area contributed by atoms with E-state index < -0.39 is 0 Å². The van der Waals surface area contributed by atoms with Crippen molar-refractivity contribution in [3.8, 4) is 0 Å². The van der Waals surface area contributed by atoms with Crippen LogP contribution in [0.1, 0.15) is 61.3 Å². The van der Waals surface area contributed by atoms with E-state index in [0.29, 0.717) is 11.8 Å². The molecule has 0 bridgehead atoms. The van der Waals surface area contributed by atoms with Gasteiger partial charge in [-0.25, -0.2) is 0 Å². The lowest BCUT2D eigenvalue weighted by molar-refractivity contribution is -0.137. The molecule has 0 aliphatic rings. The fraction of sp³-hybridized carbons (Fsp3) is 0.929. The van der Waals surface area contributed by atoms with Gasteiger partial charge in [-0.15, -0.1) is 0 Å². The summed E-state index contributed by atoms with van der Waals surface area (Å²) in [5.41, 5.74) is -0.00396. The van der Waals surface area contributed by atoms with Gasteiger partial charge in [-0.05, 0) is 31.6 Å². The first kappa shape index (κ1) is 15.5. The van der Waals surface area contributed by atoms with Crippen molar-refractivity contribution in [1.82, 2.24) is 4.90 Å². The molecular formula is C14H29NO. The molecule has 0 rings (SSSR count). The lowest BCUT2D eigenvalue weighted by atomic mass is 9.79. The Morgan fingerprint density at radius 2 is 1.75 bits per heavy atom. The zero-order chi connectivity index (χ0) is 12.9. The summed E-state index contributed by atoms with van der Waals surface area (Å²) in [5, 5.41) is 0. The molecule has 16 heavy (non-hydrogen) atoms. The van der Waals surface area contributed by atoms with E-state index in [-0.39, 0.29) is 11.4 Å². The summed E-state index contributed by atoms with van der Waals surface area (Å²) in [5.74, 6) is 1.31. The van der Waals surface area contributed by atoms with Crippen LogP contribution in [-0.2, 0) is 4.79 Å². The molecule has 96 valence electrons. The smallest absolute Gasteiger partial charge is 0.219 e. The van der Waals surface area contributed by atoms with Gasteiger partial charge in [0.05, 0.1) is 0 Å². The molecule has 0 aliphatic heterocycles. The minimum Gasteiger partial charge on any atom is -0.337 e. The van der Waals surface area contributed by atoms with Gasteiger partial charge in [-0.2, -0.15) is 0 Å². The predicted molar refractivity (Wildman–Crippen MR) is 70.4 cm³/mol. The fourth-order valence-electron chi connectivity index (χ4n) is 2.48. The Bertz CT molecular complexity index is 223. The molecule has 0 N–H and O–H groups in total. The number of hydrogen-bond donors (Lipinski definition) is 0. The van der Waals surface area contributed by atoms with Crippen LogP contribution in [0.15, 0.2) is 0 Å². The Hall–Kier alpha value is -0.530. The highest BCUT2D eigenvalue weighted by molar-refractivity contribution is 5.74. The summed E-state index contributed by atoms with van der Waals surface area (Å²) >= 11 is 0. The molecule has 0 saturated heterocycles. The monoisotopic (exact) mass is 227 g/mol. The molecule has 0 saturated carbocycles. The lowest BCUT2D eigenvalue weighted by Gasteiger charge is -2.45. The standard InChI is InChI=1S/C14H29NO/c1-8-9-15(13(6)16)14(7,12(4)5)10-11(2)3/h11-12H,8-10H2,1-7H3. The molecule has 0 radical (unpaired) electrons. The van der Waals surface area contributed by atoms with Gasteiger partial charge >= 0.3 is 0 Å². The quantitative estimate of drug-likeness (QED) is 0.677. The van der Waals surface area contributed by atoms with E-state index in [2.05, 4.69) is 46.4 Å². The highest BCUT2D eigenvalue weighted by Gasteiger charge is 2.36. The van der Waals surface area contributed by atoms with E-state index in [9.17, 15) is 4.79 Å². The molecule has 1 atom stereocenters. The van der Waals surface area contributed by atoms with Gasteiger partial charge in [0.1, 0.15) is 0 Å². The summed E-state index contributed by atoms with van der Waals surface area (Å²) in [4.78, 5) is 13.9. The third kappa shape index (κ3) is 3.80. The lowest BCUT2D eigenvalue weighted by Crippen LogP contribution is -2.53. The molecule has 0 aromatic heterocycles. The minimum atomic E-state index is -0.00396. The van der Waals surface area contributed by atoms with Gasteiger partial charge in [-0.1, -0.05) is 34.6 Å². The average Bonchev–Trinajstić information content (AvgIpc) is 2.11. The first-order valence-electron chi connectivity index (χ1n) is 6.53. The summed E-state index contributed by atoms with van der Waals surface area (Å²) in [6.07, 6.45) is 2.10. The first-order chi connectivity index (χ1) is 7.25. The Morgan fingerprint density at radius 1 is 1.25 bits per heavy atom. The number of nitrogens with zero attached hydrogens (tertiary/aromatic N) is 1. The molecule has 0 fully saturated rings. The molecule has 2 heteroatoms. The fourth-order valence-corrected chi connectivity index (χ4v) is 2.48. The molecule has 0 heterocycles. The topological polar surface area (TPSA) is 20.3 Å². The third-order valence-corrected chi connectivity index (χ3v) is 3.51. The van der Waals surface area contributed by atoms with Crippen molar-refractivity contribution >= 4 is 5.91 Å². The maximum absolute atomic E-state index is 11.8. The van der Waals surface area contributed by atoms with E-state index in [4.69, 9.17) is 0 Å². The second kappa shape index (κ2) is 6.27. The van der Waals surface area contributed by atoms with E-state index >= 15 is 0 Å². The molecule has 0 aliphatic carbocycles. The van der Waals surface area contributed by atoms with Crippen LogP contribution in [0.5, 0.6) is 0 Å². The van der Waals surface area contributed by atoms with Crippen LogP contribution in [-0.4, -0.2) is 22.9 Å². The van der Waals surface area contributed by atoms with Crippen LogP contribution in [0.4, 0.5) is 0 Å². The molecule has 0 aromatic carbocycles. The van der Waals surface area contributed by atoms with Crippen molar-refractivity contribution in [1.29, 1.82) is 0 Å². The van der Waals surface area contributed by atoms with Crippen LogP contribution in [0, 0.1) is 11.8 Å². The number of carbonyl (C=O) groups is 1. The Labute approximate surface area is 101 Å². The zero-order valence-corrected chi connectivity index (χ0v) is 12.1. The number of carbonyl (C=O) groups excluding carboxylic acids is 1. The normalized spacial score (nSPS) is 15.3. The highest BCUT2D eigenvalue weighted by atomic mass is 16.2. The van der Waals surface area contributed by atoms with Crippen molar-refractivity contribution in [2.45, 2.75) is 66.8 Å². The Balaban J connectivity index is 5.03. The number of hydrogen-bond acceptors (Lipinski definition) is 1. The van der Waals surface area contributed by atoms with E-state index in [0.717, 1.165) is 19.4 Å². The van der Waals surface area contributed by atoms with Gasteiger partial charge in [0.15, 0.2) is 0 Å². The average molecular weight is 227 g/mol. The largest absolute Gasteiger partial charge is 0.337 e. The maximum atomic E-state index is 11.8. The molecular weight excluding hydrogens is 198 g/mol. The van der Waals surface area contributed by atoms with Crippen molar-refractivity contribution < 1.29 is 4.79 Å². The van der Waals surface area contributed by atoms with Gasteiger partial charge in [0, 0.05) is 19.0 Å². The molecule has 0 spiro atoms. The maximum Gasteiger partial charge on any atom is 0.219 e. The Kier molecular flexibility index (Phi) is 6.06. The summed E-state index contributed by atoms with van der Waals surface area (Å²) in [7, 11) is 0. The second-order valence-electron chi connectivity index (χ2n) is 5.78. The van der Waals surface area contributed by atoms with Gasteiger partial charge in [-0.3, -0.25) is 4.79 Å². The van der Waals surface area contributed by atoms with Crippen molar-refractivity contribution in [2.24, 2.45) is 11.8 Å². The molecule has 1 amide bonds. The minimum absolute atomic E-state index is 0.00396. The molecule has 0 aromatic rings. The van der Waals surface area contributed by atoms with Crippen molar-refractivity contribution in [3.63, 3.8) is 0 Å². The van der Waals surface area contributed by atoms with Crippen LogP contribution in [0.2, 0.25) is 0 Å². The highest BCUT2D eigenvalue weighted by Crippen LogP contribution is 2.31. The predicted octanol–water partition coefficient (Wildman–Crippen LogP) is 3.71. The SMILES string of the molecule is CCCN(C(C)=O)C(C)(CC(C)C)C(C)C. The van der Waals surface area contributed by atoms with Crippen LogP contribution in [0.25, 0.3) is 0 Å². The summed E-state index contributed by atoms with van der Waals surface area (Å²) in [6, 6.07) is 0. The van der Waals surface area contributed by atoms with Crippen LogP contribution >= 0.6 is 0 Å².